The number of aromatic nitrogens is 2. The van der Waals surface area contributed by atoms with Crippen molar-refractivity contribution in [3.63, 3.8) is 0 Å². The molecule has 5 rings (SSSR count). The SMILES string of the molecule is CCc1nc2c(n1CCCCN(C)C=O)-c1ccccc1CN=C2N.CNCc1cccc(CN2CCCC2)c1. The number of amidine groups is 1. The van der Waals surface area contributed by atoms with Gasteiger partial charge >= 0.3 is 0 Å². The van der Waals surface area contributed by atoms with E-state index in [0.29, 0.717) is 12.4 Å². The van der Waals surface area contributed by atoms with Crippen LogP contribution in [0.3, 0.4) is 0 Å². The first-order valence-corrected chi connectivity index (χ1v) is 14.6. The average Bonchev–Trinajstić information content (AvgIpc) is 3.59. The second-order valence-electron chi connectivity index (χ2n) is 10.7. The van der Waals surface area contributed by atoms with Crippen molar-refractivity contribution in [2.45, 2.75) is 65.2 Å². The molecule has 0 saturated carbocycles. The molecule has 0 atom stereocenters. The van der Waals surface area contributed by atoms with Gasteiger partial charge in [0.2, 0.25) is 6.41 Å². The van der Waals surface area contributed by atoms with Gasteiger partial charge in [0.25, 0.3) is 0 Å². The fourth-order valence-electron chi connectivity index (χ4n) is 5.52. The van der Waals surface area contributed by atoms with E-state index in [-0.39, 0.29) is 0 Å². The highest BCUT2D eigenvalue weighted by Gasteiger charge is 2.24. The van der Waals surface area contributed by atoms with Crippen molar-refractivity contribution in [3.8, 4) is 11.3 Å². The highest BCUT2D eigenvalue weighted by Crippen LogP contribution is 2.32. The van der Waals surface area contributed by atoms with Crippen molar-refractivity contribution in [2.75, 3.05) is 33.7 Å². The number of amides is 1. The van der Waals surface area contributed by atoms with Gasteiger partial charge in [-0.2, -0.15) is 0 Å². The summed E-state index contributed by atoms with van der Waals surface area (Å²) >= 11 is 0. The Kier molecular flexibility index (Phi) is 10.9. The first-order chi connectivity index (χ1) is 19.5. The number of unbranched alkanes of at least 4 members (excludes halogenated alkanes) is 1. The van der Waals surface area contributed by atoms with E-state index >= 15 is 0 Å². The Morgan fingerprint density at radius 2 is 1.85 bits per heavy atom. The van der Waals surface area contributed by atoms with Gasteiger partial charge in [-0.1, -0.05) is 55.5 Å². The van der Waals surface area contributed by atoms with Crippen LogP contribution in [-0.4, -0.2) is 65.3 Å². The zero-order valence-electron chi connectivity index (χ0n) is 24.4. The number of fused-ring (bicyclic) bond motifs is 3. The molecule has 2 aliphatic rings. The number of carbonyl (C=O) groups excluding carboxylic acids is 1. The molecule has 1 amide bonds. The standard InChI is InChI=1S/C19H25N5O.C13H20N2/c1-3-16-22-17-18(24(16)11-7-6-10-23(2)13-25)15-9-5-4-8-14(15)12-21-19(17)20;1-14-10-12-5-4-6-13(9-12)11-15-7-2-3-8-15/h4-5,8-9,13H,3,6-7,10-12H2,1-2H3,(H2,20,21);4-6,9,14H,2-3,7-8,10-11H2,1H3. The molecule has 0 bridgehead atoms. The van der Waals surface area contributed by atoms with Gasteiger partial charge in [-0.3, -0.25) is 14.7 Å². The summed E-state index contributed by atoms with van der Waals surface area (Å²) < 4.78 is 2.28. The summed E-state index contributed by atoms with van der Waals surface area (Å²) in [6, 6.07) is 17.2. The molecule has 3 N–H and O–H groups in total. The minimum Gasteiger partial charge on any atom is -0.382 e. The molecule has 8 nitrogen and oxygen atoms in total. The molecular weight excluding hydrogens is 498 g/mol. The van der Waals surface area contributed by atoms with Crippen molar-refractivity contribution < 1.29 is 4.79 Å². The van der Waals surface area contributed by atoms with Crippen LogP contribution in [0.25, 0.3) is 11.3 Å². The Labute approximate surface area is 239 Å². The monoisotopic (exact) mass is 543 g/mol. The molecule has 1 fully saturated rings. The number of benzene rings is 2. The van der Waals surface area contributed by atoms with Crippen LogP contribution in [0.1, 0.15) is 60.8 Å². The predicted octanol–water partition coefficient (Wildman–Crippen LogP) is 4.20. The lowest BCUT2D eigenvalue weighted by Gasteiger charge is -2.15. The average molecular weight is 544 g/mol. The number of likely N-dealkylation sites (tertiary alicyclic amines) is 1. The fourth-order valence-corrected chi connectivity index (χ4v) is 5.52. The molecular formula is C32H45N7O. The van der Waals surface area contributed by atoms with Crippen molar-refractivity contribution in [3.05, 3.63) is 76.7 Å². The van der Waals surface area contributed by atoms with E-state index in [9.17, 15) is 4.79 Å². The van der Waals surface area contributed by atoms with Crippen LogP contribution < -0.4 is 11.1 Å². The summed E-state index contributed by atoms with van der Waals surface area (Å²) in [6.45, 7) is 8.96. The minimum atomic E-state index is 0.514. The highest BCUT2D eigenvalue weighted by molar-refractivity contribution is 6.02. The van der Waals surface area contributed by atoms with Crippen LogP contribution >= 0.6 is 0 Å². The summed E-state index contributed by atoms with van der Waals surface area (Å²) in [4.78, 5) is 24.2. The molecule has 2 aromatic carbocycles. The molecule has 8 heteroatoms. The molecule has 1 saturated heterocycles. The van der Waals surface area contributed by atoms with E-state index in [2.05, 4.69) is 63.1 Å². The van der Waals surface area contributed by atoms with Gasteiger partial charge in [0.1, 0.15) is 17.4 Å². The van der Waals surface area contributed by atoms with Crippen LogP contribution in [0.4, 0.5) is 0 Å². The van der Waals surface area contributed by atoms with E-state index in [1.54, 1.807) is 11.9 Å². The molecule has 3 aromatic rings. The quantitative estimate of drug-likeness (QED) is 0.279. The van der Waals surface area contributed by atoms with E-state index in [1.807, 2.05) is 19.2 Å². The van der Waals surface area contributed by atoms with Crippen LogP contribution in [0, 0.1) is 0 Å². The zero-order chi connectivity index (χ0) is 28.3. The van der Waals surface area contributed by atoms with Crippen LogP contribution in [0.15, 0.2) is 53.5 Å². The number of hydrogen-bond donors (Lipinski definition) is 2. The number of nitrogens with zero attached hydrogens (tertiary/aromatic N) is 5. The Hall–Kier alpha value is -3.49. The topological polar surface area (TPSA) is 91.8 Å². The van der Waals surface area contributed by atoms with Gasteiger partial charge in [-0.15, -0.1) is 0 Å². The Balaban J connectivity index is 0.000000210. The summed E-state index contributed by atoms with van der Waals surface area (Å²) in [7, 11) is 3.80. The van der Waals surface area contributed by atoms with Gasteiger partial charge in [-0.05, 0) is 62.5 Å². The second kappa shape index (κ2) is 14.8. The third-order valence-corrected chi connectivity index (χ3v) is 7.60. The number of hydrogen-bond acceptors (Lipinski definition) is 6. The number of carbonyl (C=O) groups is 1. The molecule has 0 spiro atoms. The Bertz CT molecular complexity index is 1280. The van der Waals surface area contributed by atoms with Crippen molar-refractivity contribution >= 4 is 12.2 Å². The van der Waals surface area contributed by atoms with E-state index in [1.165, 1.54) is 48.2 Å². The van der Waals surface area contributed by atoms with Crippen LogP contribution in [0.2, 0.25) is 0 Å². The number of imidazole rings is 1. The van der Waals surface area contributed by atoms with Gasteiger partial charge < -0.3 is 20.5 Å². The molecule has 3 heterocycles. The maximum atomic E-state index is 10.7. The van der Waals surface area contributed by atoms with Gasteiger partial charge in [0, 0.05) is 45.2 Å². The number of nitrogens with two attached hydrogens (primary N) is 1. The third kappa shape index (κ3) is 7.58. The molecule has 2 aliphatic heterocycles. The zero-order valence-corrected chi connectivity index (χ0v) is 24.4. The van der Waals surface area contributed by atoms with Gasteiger partial charge in [0.05, 0.1) is 12.2 Å². The number of aryl methyl sites for hydroxylation is 1. The smallest absolute Gasteiger partial charge is 0.209 e. The molecule has 1 aromatic heterocycles. The lowest BCUT2D eigenvalue weighted by Crippen LogP contribution is -2.18. The normalized spacial score (nSPS) is 14.4. The predicted molar refractivity (Wildman–Crippen MR) is 163 cm³/mol. The minimum absolute atomic E-state index is 0.514. The first-order valence-electron chi connectivity index (χ1n) is 14.6. The third-order valence-electron chi connectivity index (χ3n) is 7.60. The highest BCUT2D eigenvalue weighted by atomic mass is 16.1. The maximum Gasteiger partial charge on any atom is 0.209 e. The maximum absolute atomic E-state index is 10.7. The van der Waals surface area contributed by atoms with E-state index in [4.69, 9.17) is 10.7 Å². The Morgan fingerprint density at radius 1 is 1.07 bits per heavy atom. The van der Waals surface area contributed by atoms with E-state index in [0.717, 1.165) is 69.1 Å². The van der Waals surface area contributed by atoms with Gasteiger partial charge in [0.15, 0.2) is 0 Å². The summed E-state index contributed by atoms with van der Waals surface area (Å²) in [6.07, 6.45) is 6.39. The van der Waals surface area contributed by atoms with Gasteiger partial charge in [-0.25, -0.2) is 4.98 Å². The number of rotatable bonds is 11. The van der Waals surface area contributed by atoms with Crippen LogP contribution in [0.5, 0.6) is 0 Å². The molecule has 0 aliphatic carbocycles. The van der Waals surface area contributed by atoms with Crippen molar-refractivity contribution in [1.82, 2.24) is 24.7 Å². The summed E-state index contributed by atoms with van der Waals surface area (Å²) in [5, 5.41) is 3.19. The van der Waals surface area contributed by atoms with Crippen LogP contribution in [-0.2, 0) is 37.4 Å². The fraction of sp³-hybridized carbons (Fsp3) is 0.469. The largest absolute Gasteiger partial charge is 0.382 e. The molecule has 214 valence electrons. The second-order valence-corrected chi connectivity index (χ2v) is 10.7. The lowest BCUT2D eigenvalue weighted by molar-refractivity contribution is -0.117. The molecule has 0 unspecified atom stereocenters. The van der Waals surface area contributed by atoms with E-state index < -0.39 is 0 Å². The number of aliphatic imine (C=N–C) groups is 1. The first kappa shape index (κ1) is 29.5. The summed E-state index contributed by atoms with van der Waals surface area (Å²) in [5.74, 6) is 1.55. The molecule has 0 radical (unpaired) electrons. The van der Waals surface area contributed by atoms with Crippen molar-refractivity contribution in [1.29, 1.82) is 0 Å². The number of nitrogens with one attached hydrogen (secondary N) is 1. The summed E-state index contributed by atoms with van der Waals surface area (Å²) in [5.41, 5.74) is 13.3. The Morgan fingerprint density at radius 3 is 2.60 bits per heavy atom. The van der Waals surface area contributed by atoms with Crippen molar-refractivity contribution in [2.24, 2.45) is 10.7 Å². The lowest BCUT2D eigenvalue weighted by atomic mass is 10.0. The molecule has 40 heavy (non-hydrogen) atoms.